The van der Waals surface area contributed by atoms with Gasteiger partial charge in [0.25, 0.3) is 0 Å². The molecule has 1 atom stereocenters. The number of hydrogen-bond acceptors (Lipinski definition) is 3. The van der Waals surface area contributed by atoms with Crippen molar-refractivity contribution in [2.24, 2.45) is 5.92 Å². The molecule has 1 unspecified atom stereocenters. The standard InChI is InChI=1S/C12H20N2O2S/c1-8(15)13-11(7-17)12(16)14(10-4-5-10)6-9-2-3-9/h9-11,17H,2-7H2,1H3,(H,13,15). The molecule has 0 saturated heterocycles. The molecule has 2 amide bonds. The van der Waals surface area contributed by atoms with Crippen LogP contribution in [0.15, 0.2) is 0 Å². The van der Waals surface area contributed by atoms with Crippen molar-refractivity contribution in [3.05, 3.63) is 0 Å². The largest absolute Gasteiger partial charge is 0.344 e. The van der Waals surface area contributed by atoms with E-state index in [1.165, 1.54) is 19.8 Å². The summed E-state index contributed by atoms with van der Waals surface area (Å²) in [6, 6.07) is -0.0468. The molecular weight excluding hydrogens is 236 g/mol. The molecule has 0 aromatic carbocycles. The van der Waals surface area contributed by atoms with Gasteiger partial charge in [-0.25, -0.2) is 0 Å². The molecule has 2 saturated carbocycles. The van der Waals surface area contributed by atoms with E-state index < -0.39 is 6.04 Å². The van der Waals surface area contributed by atoms with Crippen LogP contribution < -0.4 is 5.32 Å². The molecule has 2 rings (SSSR count). The Morgan fingerprint density at radius 1 is 1.35 bits per heavy atom. The van der Waals surface area contributed by atoms with E-state index in [1.807, 2.05) is 4.90 Å². The van der Waals surface area contributed by atoms with E-state index in [-0.39, 0.29) is 11.8 Å². The first-order chi connectivity index (χ1) is 8.11. The van der Waals surface area contributed by atoms with E-state index in [4.69, 9.17) is 0 Å². The van der Waals surface area contributed by atoms with Crippen molar-refractivity contribution in [3.63, 3.8) is 0 Å². The van der Waals surface area contributed by atoms with E-state index >= 15 is 0 Å². The number of hydrogen-bond donors (Lipinski definition) is 2. The summed E-state index contributed by atoms with van der Waals surface area (Å²) < 4.78 is 0. The maximum atomic E-state index is 12.3. The predicted molar refractivity (Wildman–Crippen MR) is 68.9 cm³/mol. The van der Waals surface area contributed by atoms with Gasteiger partial charge in [-0.15, -0.1) is 0 Å². The highest BCUT2D eigenvalue weighted by Crippen LogP contribution is 2.35. The molecule has 0 spiro atoms. The Labute approximate surface area is 108 Å². The number of rotatable bonds is 6. The lowest BCUT2D eigenvalue weighted by atomic mass is 10.2. The fourth-order valence-corrected chi connectivity index (χ4v) is 2.26. The highest BCUT2D eigenvalue weighted by Gasteiger charge is 2.38. The Balaban J connectivity index is 1.94. The fraction of sp³-hybridized carbons (Fsp3) is 0.833. The predicted octanol–water partition coefficient (Wildman–Crippen LogP) is 0.822. The molecule has 5 heteroatoms. The molecule has 0 heterocycles. The second-order valence-corrected chi connectivity index (χ2v) is 5.47. The molecule has 2 aliphatic carbocycles. The lowest BCUT2D eigenvalue weighted by molar-refractivity contribution is -0.136. The summed E-state index contributed by atoms with van der Waals surface area (Å²) in [6.07, 6.45) is 4.69. The first-order valence-corrected chi connectivity index (χ1v) is 6.93. The van der Waals surface area contributed by atoms with Gasteiger partial charge in [-0.1, -0.05) is 0 Å². The van der Waals surface area contributed by atoms with Gasteiger partial charge in [0.1, 0.15) is 6.04 Å². The molecule has 17 heavy (non-hydrogen) atoms. The van der Waals surface area contributed by atoms with Crippen LogP contribution >= 0.6 is 12.6 Å². The minimum Gasteiger partial charge on any atom is -0.344 e. The Hall–Kier alpha value is -0.710. The monoisotopic (exact) mass is 256 g/mol. The zero-order valence-corrected chi connectivity index (χ0v) is 11.1. The summed E-state index contributed by atoms with van der Waals surface area (Å²) in [7, 11) is 0. The number of thiol groups is 1. The van der Waals surface area contributed by atoms with E-state index in [1.54, 1.807) is 0 Å². The summed E-state index contributed by atoms with van der Waals surface area (Å²) in [6.45, 7) is 2.30. The van der Waals surface area contributed by atoms with Gasteiger partial charge in [0.05, 0.1) is 0 Å². The number of nitrogens with zero attached hydrogens (tertiary/aromatic N) is 1. The lowest BCUT2D eigenvalue weighted by Gasteiger charge is -2.27. The Bertz CT molecular complexity index is 314. The zero-order valence-electron chi connectivity index (χ0n) is 10.2. The van der Waals surface area contributed by atoms with Crippen LogP contribution in [-0.2, 0) is 9.59 Å². The molecule has 1 N–H and O–H groups in total. The third kappa shape index (κ3) is 3.63. The van der Waals surface area contributed by atoms with Gasteiger partial charge in [-0.2, -0.15) is 12.6 Å². The van der Waals surface area contributed by atoms with Crippen molar-refractivity contribution < 1.29 is 9.59 Å². The van der Waals surface area contributed by atoms with Crippen LogP contribution in [0.25, 0.3) is 0 Å². The van der Waals surface area contributed by atoms with Crippen LogP contribution in [0.5, 0.6) is 0 Å². The lowest BCUT2D eigenvalue weighted by Crippen LogP contribution is -2.50. The number of amides is 2. The second-order valence-electron chi connectivity index (χ2n) is 5.10. The number of carbonyl (C=O) groups excluding carboxylic acids is 2. The van der Waals surface area contributed by atoms with Gasteiger partial charge in [-0.05, 0) is 31.6 Å². The zero-order chi connectivity index (χ0) is 12.4. The van der Waals surface area contributed by atoms with Crippen LogP contribution in [0.1, 0.15) is 32.6 Å². The summed E-state index contributed by atoms with van der Waals surface area (Å²) in [5.41, 5.74) is 0. The second kappa shape index (κ2) is 5.29. The first-order valence-electron chi connectivity index (χ1n) is 6.30. The van der Waals surface area contributed by atoms with Crippen molar-refractivity contribution in [1.29, 1.82) is 0 Å². The van der Waals surface area contributed by atoms with Gasteiger partial charge < -0.3 is 10.2 Å². The van der Waals surface area contributed by atoms with E-state index in [9.17, 15) is 9.59 Å². The molecule has 0 bridgehead atoms. The van der Waals surface area contributed by atoms with Gasteiger partial charge in [0, 0.05) is 25.3 Å². The summed E-state index contributed by atoms with van der Waals surface area (Å²) in [5.74, 6) is 0.938. The molecular formula is C12H20N2O2S. The average Bonchev–Trinajstić information content (AvgIpc) is 3.14. The van der Waals surface area contributed by atoms with Crippen LogP contribution in [0, 0.1) is 5.92 Å². The van der Waals surface area contributed by atoms with Crippen molar-refractivity contribution >= 4 is 24.4 Å². The van der Waals surface area contributed by atoms with Gasteiger partial charge in [-0.3, -0.25) is 9.59 Å². The van der Waals surface area contributed by atoms with Gasteiger partial charge in [0.2, 0.25) is 11.8 Å². The van der Waals surface area contributed by atoms with Crippen LogP contribution in [0.2, 0.25) is 0 Å². The Kier molecular flexibility index (Phi) is 3.97. The van der Waals surface area contributed by atoms with E-state index in [0.29, 0.717) is 17.7 Å². The third-order valence-corrected chi connectivity index (χ3v) is 3.65. The third-order valence-electron chi connectivity index (χ3n) is 3.28. The molecule has 0 radical (unpaired) electrons. The van der Waals surface area contributed by atoms with E-state index in [0.717, 1.165) is 19.4 Å². The van der Waals surface area contributed by atoms with Crippen molar-refractivity contribution in [1.82, 2.24) is 10.2 Å². The first kappa shape index (κ1) is 12.7. The highest BCUT2D eigenvalue weighted by molar-refractivity contribution is 7.80. The number of nitrogens with one attached hydrogen (secondary N) is 1. The van der Waals surface area contributed by atoms with Crippen LogP contribution in [0.3, 0.4) is 0 Å². The maximum Gasteiger partial charge on any atom is 0.246 e. The minimum atomic E-state index is -0.463. The Morgan fingerprint density at radius 2 is 2.00 bits per heavy atom. The SMILES string of the molecule is CC(=O)NC(CS)C(=O)N(CC1CC1)C1CC1. The molecule has 96 valence electrons. The average molecular weight is 256 g/mol. The molecule has 2 aliphatic rings. The number of carbonyl (C=O) groups is 2. The molecule has 4 nitrogen and oxygen atoms in total. The molecule has 0 aromatic rings. The summed E-state index contributed by atoms with van der Waals surface area (Å²) in [5, 5.41) is 2.68. The Morgan fingerprint density at radius 3 is 2.41 bits per heavy atom. The van der Waals surface area contributed by atoms with Crippen molar-refractivity contribution in [2.75, 3.05) is 12.3 Å². The fourth-order valence-electron chi connectivity index (χ4n) is 2.01. The van der Waals surface area contributed by atoms with Gasteiger partial charge in [0.15, 0.2) is 0 Å². The molecule has 0 aromatic heterocycles. The minimum absolute atomic E-state index is 0.0459. The molecule has 2 fully saturated rings. The van der Waals surface area contributed by atoms with Crippen molar-refractivity contribution in [3.8, 4) is 0 Å². The highest BCUT2D eigenvalue weighted by atomic mass is 32.1. The van der Waals surface area contributed by atoms with Crippen molar-refractivity contribution in [2.45, 2.75) is 44.7 Å². The smallest absolute Gasteiger partial charge is 0.246 e. The van der Waals surface area contributed by atoms with Crippen LogP contribution in [0.4, 0.5) is 0 Å². The normalized spacial score (nSPS) is 20.8. The quantitative estimate of drug-likeness (QED) is 0.691. The van der Waals surface area contributed by atoms with E-state index in [2.05, 4.69) is 17.9 Å². The maximum absolute atomic E-state index is 12.3. The van der Waals surface area contributed by atoms with Gasteiger partial charge >= 0.3 is 0 Å². The topological polar surface area (TPSA) is 49.4 Å². The molecule has 0 aliphatic heterocycles. The van der Waals surface area contributed by atoms with Crippen LogP contribution in [-0.4, -0.2) is 41.1 Å². The summed E-state index contributed by atoms with van der Waals surface area (Å²) >= 11 is 4.16. The summed E-state index contributed by atoms with van der Waals surface area (Å²) in [4.78, 5) is 25.3.